The molecular weight excluding hydrogens is 300 g/mol. The average molecular weight is 311 g/mol. The monoisotopic (exact) mass is 310 g/mol. The van der Waals surface area contributed by atoms with Crippen molar-refractivity contribution in [3.8, 4) is 0 Å². The van der Waals surface area contributed by atoms with E-state index in [1.165, 1.54) is 6.26 Å². The molecule has 0 bridgehead atoms. The van der Waals surface area contributed by atoms with Crippen molar-refractivity contribution in [2.45, 2.75) is 0 Å². The van der Waals surface area contributed by atoms with Crippen LogP contribution in [0.4, 0.5) is 5.82 Å². The fourth-order valence-electron chi connectivity index (χ4n) is 1.29. The number of hydrogen-bond donors (Lipinski definition) is 2. The van der Waals surface area contributed by atoms with E-state index in [0.29, 0.717) is 29.1 Å². The summed E-state index contributed by atoms with van der Waals surface area (Å²) in [5.41, 5.74) is 0.487. The maximum Gasteiger partial charge on any atom is 0.254 e. The van der Waals surface area contributed by atoms with Crippen LogP contribution in [0.3, 0.4) is 0 Å². The van der Waals surface area contributed by atoms with E-state index in [0.717, 1.165) is 0 Å². The number of hydrogen-bond acceptors (Lipinski definition) is 5. The number of carbonyl (C=O) groups excluding carboxylic acids is 1. The maximum absolute atomic E-state index is 11.6. The van der Waals surface area contributed by atoms with Crippen molar-refractivity contribution < 1.29 is 9.21 Å². The number of amides is 1. The molecule has 0 saturated carbocycles. The van der Waals surface area contributed by atoms with Crippen molar-refractivity contribution in [3.63, 3.8) is 0 Å². The van der Waals surface area contributed by atoms with Crippen molar-refractivity contribution in [2.75, 3.05) is 18.4 Å². The average Bonchev–Trinajstić information content (AvgIpc) is 2.82. The number of halogens is 1. The van der Waals surface area contributed by atoms with Crippen LogP contribution in [0, 0.1) is 0 Å². The highest BCUT2D eigenvalue weighted by atomic mass is 79.9. The molecule has 0 radical (unpaired) electrons. The standard InChI is InChI=1S/C11H11BrN4O2/c12-9-5-8(7-18-9)11(17)16-4-3-15-10-6-13-1-2-14-10/h1-2,5-7H,3-4H2,(H,14,15)(H,16,17). The van der Waals surface area contributed by atoms with Gasteiger partial charge >= 0.3 is 0 Å². The Morgan fingerprint density at radius 1 is 1.39 bits per heavy atom. The molecule has 0 aromatic carbocycles. The lowest BCUT2D eigenvalue weighted by Gasteiger charge is -2.05. The summed E-state index contributed by atoms with van der Waals surface area (Å²) in [5.74, 6) is 0.503. The van der Waals surface area contributed by atoms with E-state index in [1.807, 2.05) is 0 Å². The molecule has 2 rings (SSSR count). The Balaban J connectivity index is 1.71. The highest BCUT2D eigenvalue weighted by molar-refractivity contribution is 9.10. The molecule has 6 nitrogen and oxygen atoms in total. The van der Waals surface area contributed by atoms with Gasteiger partial charge in [-0.2, -0.15) is 0 Å². The van der Waals surface area contributed by atoms with Crippen molar-refractivity contribution in [2.24, 2.45) is 0 Å². The van der Waals surface area contributed by atoms with E-state index in [4.69, 9.17) is 4.42 Å². The van der Waals surface area contributed by atoms with E-state index < -0.39 is 0 Å². The maximum atomic E-state index is 11.6. The Morgan fingerprint density at radius 3 is 2.94 bits per heavy atom. The van der Waals surface area contributed by atoms with Crippen molar-refractivity contribution in [3.05, 3.63) is 41.2 Å². The molecule has 0 spiro atoms. The first-order chi connectivity index (χ1) is 8.75. The molecule has 0 unspecified atom stereocenters. The first-order valence-electron chi connectivity index (χ1n) is 5.28. The van der Waals surface area contributed by atoms with Crippen LogP contribution in [-0.4, -0.2) is 29.0 Å². The molecule has 2 aromatic heterocycles. The summed E-state index contributed by atoms with van der Waals surface area (Å²) in [5, 5.41) is 5.79. The van der Waals surface area contributed by atoms with E-state index in [-0.39, 0.29) is 5.91 Å². The molecule has 0 saturated heterocycles. The van der Waals surface area contributed by atoms with Gasteiger partial charge < -0.3 is 15.1 Å². The molecule has 94 valence electrons. The Bertz CT molecular complexity index is 515. The third-order valence-electron chi connectivity index (χ3n) is 2.11. The lowest BCUT2D eigenvalue weighted by atomic mass is 10.3. The van der Waals surface area contributed by atoms with Crippen LogP contribution in [0.5, 0.6) is 0 Å². The SMILES string of the molecule is O=C(NCCNc1cnccn1)c1coc(Br)c1. The molecule has 18 heavy (non-hydrogen) atoms. The minimum absolute atomic E-state index is 0.176. The summed E-state index contributed by atoms with van der Waals surface area (Å²) in [6.07, 6.45) is 6.22. The number of furan rings is 1. The van der Waals surface area contributed by atoms with Gasteiger partial charge in [0.15, 0.2) is 4.67 Å². The van der Waals surface area contributed by atoms with Crippen molar-refractivity contribution >= 4 is 27.7 Å². The van der Waals surface area contributed by atoms with Gasteiger partial charge in [-0.3, -0.25) is 9.78 Å². The number of anilines is 1. The van der Waals surface area contributed by atoms with Crippen molar-refractivity contribution in [1.82, 2.24) is 15.3 Å². The predicted octanol–water partition coefficient (Wildman–Crippen LogP) is 1.67. The molecule has 7 heteroatoms. The second kappa shape index (κ2) is 6.15. The summed E-state index contributed by atoms with van der Waals surface area (Å²) < 4.78 is 5.52. The first-order valence-corrected chi connectivity index (χ1v) is 6.07. The molecule has 2 heterocycles. The minimum atomic E-state index is -0.176. The van der Waals surface area contributed by atoms with Crippen LogP contribution < -0.4 is 10.6 Å². The van der Waals surface area contributed by atoms with Crippen LogP contribution in [0.15, 0.2) is 40.0 Å². The topological polar surface area (TPSA) is 80.0 Å². The number of carbonyl (C=O) groups is 1. The Labute approximate surface area is 112 Å². The quantitative estimate of drug-likeness (QED) is 0.821. The zero-order valence-corrected chi connectivity index (χ0v) is 11.0. The van der Waals surface area contributed by atoms with Crippen LogP contribution in [0.1, 0.15) is 10.4 Å². The Morgan fingerprint density at radius 2 is 2.28 bits per heavy atom. The Kier molecular flexibility index (Phi) is 4.30. The third-order valence-corrected chi connectivity index (χ3v) is 2.53. The molecule has 0 fully saturated rings. The van der Waals surface area contributed by atoms with Gasteiger partial charge in [-0.25, -0.2) is 4.98 Å². The van der Waals surface area contributed by atoms with Gasteiger partial charge in [0.05, 0.1) is 11.8 Å². The molecular formula is C11H11BrN4O2. The minimum Gasteiger partial charge on any atom is -0.457 e. The van der Waals surface area contributed by atoms with Gasteiger partial charge in [-0.1, -0.05) is 0 Å². The van der Waals surface area contributed by atoms with Crippen molar-refractivity contribution in [1.29, 1.82) is 0 Å². The zero-order valence-electron chi connectivity index (χ0n) is 9.39. The van der Waals surface area contributed by atoms with Crippen LogP contribution in [-0.2, 0) is 0 Å². The number of aromatic nitrogens is 2. The molecule has 0 atom stereocenters. The van der Waals surface area contributed by atoms with E-state index >= 15 is 0 Å². The smallest absolute Gasteiger partial charge is 0.254 e. The Hall–Kier alpha value is -1.89. The van der Waals surface area contributed by atoms with E-state index in [1.54, 1.807) is 24.7 Å². The molecule has 2 aromatic rings. The zero-order chi connectivity index (χ0) is 12.8. The van der Waals surface area contributed by atoms with Gasteiger partial charge in [0, 0.05) is 31.5 Å². The predicted molar refractivity (Wildman–Crippen MR) is 69.3 cm³/mol. The second-order valence-electron chi connectivity index (χ2n) is 3.41. The summed E-state index contributed by atoms with van der Waals surface area (Å²) in [6, 6.07) is 1.62. The van der Waals surface area contributed by atoms with Crippen LogP contribution >= 0.6 is 15.9 Å². The lowest BCUT2D eigenvalue weighted by Crippen LogP contribution is -2.28. The molecule has 2 N–H and O–H groups in total. The van der Waals surface area contributed by atoms with E-state index in [9.17, 15) is 4.79 Å². The number of nitrogens with one attached hydrogen (secondary N) is 2. The summed E-state index contributed by atoms with van der Waals surface area (Å²) in [6.45, 7) is 1.06. The highest BCUT2D eigenvalue weighted by Gasteiger charge is 2.07. The van der Waals surface area contributed by atoms with Gasteiger partial charge in [-0.15, -0.1) is 0 Å². The molecule has 0 aliphatic rings. The highest BCUT2D eigenvalue weighted by Crippen LogP contribution is 2.13. The van der Waals surface area contributed by atoms with Gasteiger partial charge in [-0.05, 0) is 15.9 Å². The third kappa shape index (κ3) is 3.56. The molecule has 0 aliphatic carbocycles. The van der Waals surface area contributed by atoms with Crippen LogP contribution in [0.2, 0.25) is 0 Å². The molecule has 0 aliphatic heterocycles. The largest absolute Gasteiger partial charge is 0.457 e. The van der Waals surface area contributed by atoms with E-state index in [2.05, 4.69) is 36.5 Å². The normalized spacial score (nSPS) is 10.1. The summed E-state index contributed by atoms with van der Waals surface area (Å²) in [4.78, 5) is 19.6. The fourth-order valence-corrected chi connectivity index (χ4v) is 1.63. The second-order valence-corrected chi connectivity index (χ2v) is 4.19. The van der Waals surface area contributed by atoms with Gasteiger partial charge in [0.1, 0.15) is 12.1 Å². The van der Waals surface area contributed by atoms with Gasteiger partial charge in [0.2, 0.25) is 0 Å². The first kappa shape index (κ1) is 12.6. The summed E-state index contributed by atoms with van der Waals surface area (Å²) >= 11 is 3.14. The number of rotatable bonds is 5. The summed E-state index contributed by atoms with van der Waals surface area (Å²) in [7, 11) is 0. The fraction of sp³-hybridized carbons (Fsp3) is 0.182. The lowest BCUT2D eigenvalue weighted by molar-refractivity contribution is 0.0954. The number of nitrogens with zero attached hydrogens (tertiary/aromatic N) is 2. The van der Waals surface area contributed by atoms with Crippen LogP contribution in [0.25, 0.3) is 0 Å². The molecule has 1 amide bonds. The van der Waals surface area contributed by atoms with Gasteiger partial charge in [0.25, 0.3) is 5.91 Å².